The standard InChI is InChI=1S/C27H41N3O5/c1-3-5-16-34-27(35-17-6-4-2)20-11-13-29(14-12-20)22-9-10-23-21(18-22)19-30(26(23)33)24(25(28)32)8-7-15-31/h9-10,15,18,20,24,27H,3-8,11-14,16-17,19H2,1-2H3,(H2,28,32). The van der Waals surface area contributed by atoms with E-state index >= 15 is 0 Å². The zero-order valence-electron chi connectivity index (χ0n) is 21.2. The van der Waals surface area contributed by atoms with Crippen LogP contribution in [0.5, 0.6) is 0 Å². The van der Waals surface area contributed by atoms with E-state index < -0.39 is 11.9 Å². The second-order valence-electron chi connectivity index (χ2n) is 9.58. The maximum atomic E-state index is 12.9. The summed E-state index contributed by atoms with van der Waals surface area (Å²) < 4.78 is 12.2. The molecule has 0 radical (unpaired) electrons. The van der Waals surface area contributed by atoms with Gasteiger partial charge in [0.15, 0.2) is 6.29 Å². The summed E-state index contributed by atoms with van der Waals surface area (Å²) in [4.78, 5) is 39.5. The average Bonchev–Trinajstić information content (AvgIpc) is 3.19. The highest BCUT2D eigenvalue weighted by Gasteiger charge is 2.36. The first kappa shape index (κ1) is 27.1. The fraction of sp³-hybridized carbons (Fsp3) is 0.667. The van der Waals surface area contributed by atoms with Crippen LogP contribution in [0.4, 0.5) is 5.69 Å². The SMILES string of the molecule is CCCCOC(OCCCC)C1CCN(c2ccc3c(c2)CN(C(CCC=O)C(N)=O)C3=O)CC1. The molecular formula is C27H41N3O5. The number of primary amides is 1. The molecule has 35 heavy (non-hydrogen) atoms. The second-order valence-corrected chi connectivity index (χ2v) is 9.58. The van der Waals surface area contributed by atoms with Gasteiger partial charge >= 0.3 is 0 Å². The number of aldehydes is 1. The van der Waals surface area contributed by atoms with Crippen LogP contribution in [0.1, 0.15) is 81.1 Å². The molecule has 1 saturated heterocycles. The summed E-state index contributed by atoms with van der Waals surface area (Å²) >= 11 is 0. The minimum atomic E-state index is -0.767. The summed E-state index contributed by atoms with van der Waals surface area (Å²) in [7, 11) is 0. The van der Waals surface area contributed by atoms with Crippen molar-refractivity contribution in [1.29, 1.82) is 0 Å². The van der Waals surface area contributed by atoms with Gasteiger partial charge < -0.3 is 29.8 Å². The Kier molecular flexibility index (Phi) is 10.5. The lowest BCUT2D eigenvalue weighted by molar-refractivity contribution is -0.177. The number of unbranched alkanes of at least 4 members (excludes halogenated alkanes) is 2. The molecule has 0 saturated carbocycles. The molecule has 2 aliphatic heterocycles. The van der Waals surface area contributed by atoms with Crippen molar-refractivity contribution in [3.05, 3.63) is 29.3 Å². The van der Waals surface area contributed by atoms with Gasteiger partial charge in [0.05, 0.1) is 0 Å². The van der Waals surface area contributed by atoms with Crippen LogP contribution in [0, 0.1) is 5.92 Å². The molecule has 8 heteroatoms. The molecule has 0 aromatic heterocycles. The molecule has 2 heterocycles. The smallest absolute Gasteiger partial charge is 0.255 e. The molecule has 1 atom stereocenters. The number of anilines is 1. The molecule has 8 nitrogen and oxygen atoms in total. The highest BCUT2D eigenvalue weighted by Crippen LogP contribution is 2.32. The Labute approximate surface area is 209 Å². The minimum Gasteiger partial charge on any atom is -0.372 e. The minimum absolute atomic E-state index is 0.140. The van der Waals surface area contributed by atoms with Crippen LogP contribution < -0.4 is 10.6 Å². The molecule has 1 unspecified atom stereocenters. The highest BCUT2D eigenvalue weighted by molar-refractivity contribution is 6.01. The van der Waals surface area contributed by atoms with Gasteiger partial charge in [-0.2, -0.15) is 0 Å². The van der Waals surface area contributed by atoms with E-state index in [1.165, 1.54) is 4.90 Å². The molecule has 0 spiro atoms. The van der Waals surface area contributed by atoms with E-state index in [1.807, 2.05) is 12.1 Å². The first-order valence-electron chi connectivity index (χ1n) is 13.1. The van der Waals surface area contributed by atoms with Gasteiger partial charge in [0, 0.05) is 56.4 Å². The van der Waals surface area contributed by atoms with Crippen molar-refractivity contribution < 1.29 is 23.9 Å². The van der Waals surface area contributed by atoms with Crippen molar-refractivity contribution in [3.8, 4) is 0 Å². The number of nitrogens with two attached hydrogens (primary N) is 1. The van der Waals surface area contributed by atoms with Gasteiger partial charge in [0.1, 0.15) is 12.3 Å². The Hall–Kier alpha value is -2.45. The van der Waals surface area contributed by atoms with Crippen LogP contribution in [-0.2, 0) is 25.6 Å². The van der Waals surface area contributed by atoms with Crippen LogP contribution in [0.15, 0.2) is 18.2 Å². The van der Waals surface area contributed by atoms with Gasteiger partial charge in [-0.15, -0.1) is 0 Å². The monoisotopic (exact) mass is 487 g/mol. The summed E-state index contributed by atoms with van der Waals surface area (Å²) in [6, 6.07) is 5.12. The van der Waals surface area contributed by atoms with Crippen molar-refractivity contribution in [3.63, 3.8) is 0 Å². The Bertz CT molecular complexity index is 843. The molecule has 0 aliphatic carbocycles. The molecule has 2 amide bonds. The van der Waals surface area contributed by atoms with Crippen LogP contribution in [0.25, 0.3) is 0 Å². The van der Waals surface area contributed by atoms with Crippen molar-refractivity contribution in [2.75, 3.05) is 31.2 Å². The summed E-state index contributed by atoms with van der Waals surface area (Å²) in [5, 5.41) is 0. The number of hydrogen-bond acceptors (Lipinski definition) is 6. The normalized spacial score (nSPS) is 17.2. The highest BCUT2D eigenvalue weighted by atomic mass is 16.7. The van der Waals surface area contributed by atoms with E-state index in [1.54, 1.807) is 0 Å². The Balaban J connectivity index is 1.62. The number of carbonyl (C=O) groups excluding carboxylic acids is 3. The zero-order valence-corrected chi connectivity index (χ0v) is 21.2. The fourth-order valence-electron chi connectivity index (χ4n) is 4.89. The van der Waals surface area contributed by atoms with Gasteiger partial charge in [-0.05, 0) is 55.9 Å². The van der Waals surface area contributed by atoms with Crippen LogP contribution in [0.2, 0.25) is 0 Å². The number of nitrogens with zero attached hydrogens (tertiary/aromatic N) is 2. The summed E-state index contributed by atoms with van der Waals surface area (Å²) in [5.74, 6) is -0.399. The lowest BCUT2D eigenvalue weighted by Gasteiger charge is -2.37. The number of carbonyl (C=O) groups is 3. The van der Waals surface area contributed by atoms with Gasteiger partial charge in [-0.1, -0.05) is 26.7 Å². The molecule has 1 aromatic rings. The van der Waals surface area contributed by atoms with Gasteiger partial charge in [-0.25, -0.2) is 0 Å². The Morgan fingerprint density at radius 3 is 2.37 bits per heavy atom. The molecule has 1 aromatic carbocycles. The average molecular weight is 488 g/mol. The van der Waals surface area contributed by atoms with Crippen molar-refractivity contribution in [2.24, 2.45) is 11.7 Å². The maximum Gasteiger partial charge on any atom is 0.255 e. The van der Waals surface area contributed by atoms with Crippen LogP contribution >= 0.6 is 0 Å². The molecule has 2 N–H and O–H groups in total. The van der Waals surface area contributed by atoms with E-state index in [2.05, 4.69) is 24.8 Å². The largest absolute Gasteiger partial charge is 0.372 e. The summed E-state index contributed by atoms with van der Waals surface area (Å²) in [6.45, 7) is 7.94. The van der Waals surface area contributed by atoms with Crippen molar-refractivity contribution in [2.45, 2.75) is 84.1 Å². The maximum absolute atomic E-state index is 12.9. The van der Waals surface area contributed by atoms with Crippen LogP contribution in [-0.4, -0.2) is 61.6 Å². The number of hydrogen-bond donors (Lipinski definition) is 1. The predicted molar refractivity (Wildman–Crippen MR) is 135 cm³/mol. The van der Waals surface area contributed by atoms with E-state index in [-0.39, 0.29) is 25.0 Å². The van der Waals surface area contributed by atoms with E-state index in [0.29, 0.717) is 18.0 Å². The third-order valence-corrected chi connectivity index (χ3v) is 7.03. The molecule has 1 fully saturated rings. The van der Waals surface area contributed by atoms with E-state index in [0.717, 1.165) is 82.4 Å². The summed E-state index contributed by atoms with van der Waals surface area (Å²) in [5.41, 5.74) is 8.12. The lowest BCUT2D eigenvalue weighted by atomic mass is 9.95. The topological polar surface area (TPSA) is 102 Å². The quantitative estimate of drug-likeness (QED) is 0.230. The number of rotatable bonds is 15. The number of ether oxygens (including phenoxy) is 2. The molecule has 3 rings (SSSR count). The summed E-state index contributed by atoms with van der Waals surface area (Å²) in [6.07, 6.45) is 7.33. The number of piperidine rings is 1. The van der Waals surface area contributed by atoms with Crippen LogP contribution in [0.3, 0.4) is 0 Å². The molecule has 194 valence electrons. The first-order chi connectivity index (χ1) is 17.0. The number of benzene rings is 1. The lowest BCUT2D eigenvalue weighted by Crippen LogP contribution is -2.44. The fourth-order valence-corrected chi connectivity index (χ4v) is 4.89. The van der Waals surface area contributed by atoms with Crippen molar-refractivity contribution >= 4 is 23.8 Å². The van der Waals surface area contributed by atoms with Crippen molar-refractivity contribution in [1.82, 2.24) is 4.90 Å². The van der Waals surface area contributed by atoms with Gasteiger partial charge in [0.25, 0.3) is 5.91 Å². The Morgan fingerprint density at radius 2 is 1.80 bits per heavy atom. The Morgan fingerprint density at radius 1 is 1.14 bits per heavy atom. The second kappa shape index (κ2) is 13.6. The number of fused-ring (bicyclic) bond motifs is 1. The molecule has 2 aliphatic rings. The third-order valence-electron chi connectivity index (χ3n) is 7.03. The zero-order chi connectivity index (χ0) is 25.2. The van der Waals surface area contributed by atoms with E-state index in [4.69, 9.17) is 15.2 Å². The van der Waals surface area contributed by atoms with E-state index in [9.17, 15) is 14.4 Å². The third kappa shape index (κ3) is 7.04. The first-order valence-corrected chi connectivity index (χ1v) is 13.1. The number of amides is 2. The predicted octanol–water partition coefficient (Wildman–Crippen LogP) is 3.65. The van der Waals surface area contributed by atoms with Gasteiger partial charge in [0.2, 0.25) is 5.91 Å². The van der Waals surface area contributed by atoms with Gasteiger partial charge in [-0.3, -0.25) is 9.59 Å². The molecular weight excluding hydrogens is 446 g/mol. The molecule has 0 bridgehead atoms.